The Morgan fingerprint density at radius 1 is 1.42 bits per heavy atom. The third kappa shape index (κ3) is 2.93. The summed E-state index contributed by atoms with van der Waals surface area (Å²) in [5, 5.41) is 18.0. The standard InChI is InChI=1S/C16H20ClN5O2/c17-11-6-19-21(9-11)8-10-4-12(14(23)5-10)20-16(24)13-7-18-15-2-1-3-22(13)15/h6-7,9-10,12,14,23H,1-5,8H2,(H,20,24)/t10?,12-,14-/m1/s1. The number of aromatic nitrogens is 4. The molecule has 8 heteroatoms. The number of hydrogen-bond acceptors (Lipinski definition) is 4. The van der Waals surface area contributed by atoms with Gasteiger partial charge in [-0.05, 0) is 25.2 Å². The summed E-state index contributed by atoms with van der Waals surface area (Å²) in [6.45, 7) is 1.53. The number of fused-ring (bicyclic) bond motifs is 1. The number of aliphatic hydroxyl groups excluding tert-OH is 1. The van der Waals surface area contributed by atoms with Crippen LogP contribution in [0.15, 0.2) is 18.6 Å². The van der Waals surface area contributed by atoms with Gasteiger partial charge in [0.15, 0.2) is 0 Å². The van der Waals surface area contributed by atoms with Crippen molar-refractivity contribution in [2.24, 2.45) is 5.92 Å². The van der Waals surface area contributed by atoms with Gasteiger partial charge in [-0.25, -0.2) is 4.98 Å². The number of aliphatic hydroxyl groups is 1. The molecule has 1 unspecified atom stereocenters. The van der Waals surface area contributed by atoms with E-state index < -0.39 is 6.10 Å². The Morgan fingerprint density at radius 3 is 3.08 bits per heavy atom. The summed E-state index contributed by atoms with van der Waals surface area (Å²) < 4.78 is 3.76. The van der Waals surface area contributed by atoms with Gasteiger partial charge in [0, 0.05) is 25.7 Å². The molecule has 128 valence electrons. The molecule has 0 saturated heterocycles. The van der Waals surface area contributed by atoms with Crippen LogP contribution >= 0.6 is 11.6 Å². The molecule has 3 heterocycles. The van der Waals surface area contributed by atoms with Gasteiger partial charge in [0.2, 0.25) is 0 Å². The van der Waals surface area contributed by atoms with Crippen LogP contribution in [0.25, 0.3) is 0 Å². The number of nitrogens with one attached hydrogen (secondary N) is 1. The van der Waals surface area contributed by atoms with Gasteiger partial charge in [0.05, 0.1) is 29.6 Å². The zero-order chi connectivity index (χ0) is 16.7. The molecule has 0 aromatic carbocycles. The minimum absolute atomic E-state index is 0.150. The van der Waals surface area contributed by atoms with Crippen molar-refractivity contribution in [3.8, 4) is 0 Å². The van der Waals surface area contributed by atoms with E-state index in [0.717, 1.165) is 31.6 Å². The molecule has 1 saturated carbocycles. The first kappa shape index (κ1) is 15.7. The van der Waals surface area contributed by atoms with Crippen LogP contribution in [0.2, 0.25) is 5.02 Å². The van der Waals surface area contributed by atoms with E-state index in [4.69, 9.17) is 11.6 Å². The van der Waals surface area contributed by atoms with Crippen LogP contribution in [-0.4, -0.2) is 42.5 Å². The van der Waals surface area contributed by atoms with E-state index in [1.165, 1.54) is 0 Å². The van der Waals surface area contributed by atoms with Crippen LogP contribution in [-0.2, 0) is 19.5 Å². The molecule has 0 bridgehead atoms. The number of nitrogens with zero attached hydrogens (tertiary/aromatic N) is 4. The van der Waals surface area contributed by atoms with Crippen LogP contribution in [0.5, 0.6) is 0 Å². The maximum atomic E-state index is 12.5. The van der Waals surface area contributed by atoms with E-state index >= 15 is 0 Å². The number of carbonyl (C=O) groups excluding carboxylic acids is 1. The predicted octanol–water partition coefficient (Wildman–Crippen LogP) is 1.25. The van der Waals surface area contributed by atoms with E-state index in [1.807, 2.05) is 4.57 Å². The van der Waals surface area contributed by atoms with Crippen molar-refractivity contribution in [1.82, 2.24) is 24.6 Å². The van der Waals surface area contributed by atoms with E-state index in [1.54, 1.807) is 23.3 Å². The lowest BCUT2D eigenvalue weighted by Crippen LogP contribution is -2.40. The lowest BCUT2D eigenvalue weighted by molar-refractivity contribution is 0.0864. The Balaban J connectivity index is 1.38. The maximum absolute atomic E-state index is 12.5. The number of hydrogen-bond donors (Lipinski definition) is 2. The fourth-order valence-electron chi connectivity index (χ4n) is 3.81. The van der Waals surface area contributed by atoms with E-state index in [-0.39, 0.29) is 17.9 Å². The highest BCUT2D eigenvalue weighted by Crippen LogP contribution is 2.28. The van der Waals surface area contributed by atoms with Crippen LogP contribution in [0.1, 0.15) is 35.6 Å². The minimum Gasteiger partial charge on any atom is -0.391 e. The van der Waals surface area contributed by atoms with Gasteiger partial charge in [-0.2, -0.15) is 5.10 Å². The fraction of sp³-hybridized carbons (Fsp3) is 0.562. The molecular formula is C16H20ClN5O2. The maximum Gasteiger partial charge on any atom is 0.269 e. The van der Waals surface area contributed by atoms with Gasteiger partial charge in [-0.15, -0.1) is 0 Å². The molecule has 24 heavy (non-hydrogen) atoms. The summed E-state index contributed by atoms with van der Waals surface area (Å²) in [6.07, 6.45) is 7.80. The van der Waals surface area contributed by atoms with Gasteiger partial charge < -0.3 is 15.0 Å². The van der Waals surface area contributed by atoms with Crippen LogP contribution in [0.3, 0.4) is 0 Å². The smallest absolute Gasteiger partial charge is 0.269 e. The molecule has 1 fully saturated rings. The van der Waals surface area contributed by atoms with Crippen molar-refractivity contribution in [1.29, 1.82) is 0 Å². The topological polar surface area (TPSA) is 85.0 Å². The summed E-state index contributed by atoms with van der Waals surface area (Å²) >= 11 is 5.88. The second-order valence-corrected chi connectivity index (χ2v) is 7.12. The average Bonchev–Trinajstić information content (AvgIpc) is 3.26. The van der Waals surface area contributed by atoms with Crippen molar-refractivity contribution in [3.63, 3.8) is 0 Å². The van der Waals surface area contributed by atoms with Crippen molar-refractivity contribution in [2.45, 2.75) is 50.9 Å². The number of amides is 1. The van der Waals surface area contributed by atoms with Crippen LogP contribution in [0, 0.1) is 5.92 Å². The van der Waals surface area contributed by atoms with Gasteiger partial charge in [-0.3, -0.25) is 9.48 Å². The monoisotopic (exact) mass is 349 g/mol. The number of carbonyl (C=O) groups is 1. The highest BCUT2D eigenvalue weighted by atomic mass is 35.5. The van der Waals surface area contributed by atoms with Crippen molar-refractivity contribution in [2.75, 3.05) is 0 Å². The summed E-state index contributed by atoms with van der Waals surface area (Å²) in [5.74, 6) is 1.08. The van der Waals surface area contributed by atoms with Gasteiger partial charge >= 0.3 is 0 Å². The molecule has 0 radical (unpaired) electrons. The molecule has 1 aliphatic heterocycles. The summed E-state index contributed by atoms with van der Waals surface area (Å²) in [5.41, 5.74) is 0.594. The first-order valence-electron chi connectivity index (χ1n) is 8.31. The van der Waals surface area contributed by atoms with E-state index in [9.17, 15) is 9.90 Å². The molecule has 4 rings (SSSR count). The fourth-order valence-corrected chi connectivity index (χ4v) is 3.96. The quantitative estimate of drug-likeness (QED) is 0.870. The Bertz CT molecular complexity index is 755. The third-order valence-electron chi connectivity index (χ3n) is 4.94. The first-order valence-corrected chi connectivity index (χ1v) is 8.69. The molecule has 2 aromatic heterocycles. The normalized spacial score (nSPS) is 25.8. The zero-order valence-electron chi connectivity index (χ0n) is 13.2. The first-order chi connectivity index (χ1) is 11.6. The highest BCUT2D eigenvalue weighted by molar-refractivity contribution is 6.30. The largest absolute Gasteiger partial charge is 0.391 e. The second kappa shape index (κ2) is 6.22. The number of aryl methyl sites for hydroxylation is 1. The van der Waals surface area contributed by atoms with Crippen molar-refractivity contribution >= 4 is 17.5 Å². The van der Waals surface area contributed by atoms with Gasteiger partial charge in [0.25, 0.3) is 5.91 Å². The number of imidazole rings is 1. The molecular weight excluding hydrogens is 330 g/mol. The van der Waals surface area contributed by atoms with Crippen LogP contribution in [0.4, 0.5) is 0 Å². The molecule has 3 atom stereocenters. The van der Waals surface area contributed by atoms with E-state index in [2.05, 4.69) is 15.4 Å². The zero-order valence-corrected chi connectivity index (χ0v) is 14.0. The van der Waals surface area contributed by atoms with Crippen molar-refractivity contribution < 1.29 is 9.90 Å². The van der Waals surface area contributed by atoms with Gasteiger partial charge in [-0.1, -0.05) is 11.6 Å². The Kier molecular flexibility index (Phi) is 4.05. The predicted molar refractivity (Wildman–Crippen MR) is 87.8 cm³/mol. The highest BCUT2D eigenvalue weighted by Gasteiger charge is 2.35. The lowest BCUT2D eigenvalue weighted by atomic mass is 10.1. The van der Waals surface area contributed by atoms with Gasteiger partial charge in [0.1, 0.15) is 11.5 Å². The molecule has 1 amide bonds. The Hall–Kier alpha value is -1.86. The Labute approximate surface area is 144 Å². The number of rotatable bonds is 4. The molecule has 2 N–H and O–H groups in total. The van der Waals surface area contributed by atoms with E-state index in [0.29, 0.717) is 23.7 Å². The molecule has 7 nitrogen and oxygen atoms in total. The SMILES string of the molecule is O=C(N[C@@H]1CC(Cn2cc(Cl)cn2)C[C@H]1O)c1cnc2n1CCC2. The molecule has 1 aliphatic carbocycles. The summed E-state index contributed by atoms with van der Waals surface area (Å²) in [7, 11) is 0. The van der Waals surface area contributed by atoms with Crippen molar-refractivity contribution in [3.05, 3.63) is 35.1 Å². The lowest BCUT2D eigenvalue weighted by Gasteiger charge is -2.16. The minimum atomic E-state index is -0.536. The molecule has 2 aromatic rings. The second-order valence-electron chi connectivity index (χ2n) is 6.68. The average molecular weight is 350 g/mol. The van der Waals surface area contributed by atoms with Crippen LogP contribution < -0.4 is 5.32 Å². The Morgan fingerprint density at radius 2 is 2.29 bits per heavy atom. The third-order valence-corrected chi connectivity index (χ3v) is 5.14. The number of halogens is 1. The molecule has 0 spiro atoms. The summed E-state index contributed by atoms with van der Waals surface area (Å²) in [4.78, 5) is 16.8. The molecule has 2 aliphatic rings. The summed E-state index contributed by atoms with van der Waals surface area (Å²) in [6, 6.07) is -0.235.